The summed E-state index contributed by atoms with van der Waals surface area (Å²) in [5.41, 5.74) is 0. The molecular weight excluding hydrogens is 1290 g/mol. The second-order valence-electron chi connectivity index (χ2n) is 29.8. The van der Waals surface area contributed by atoms with Crippen LogP contribution >= 0.6 is 15.6 Å². The van der Waals surface area contributed by atoms with E-state index in [0.717, 1.165) is 102 Å². The van der Waals surface area contributed by atoms with Gasteiger partial charge in [-0.2, -0.15) is 0 Å². The maximum Gasteiger partial charge on any atom is 0.472 e. The summed E-state index contributed by atoms with van der Waals surface area (Å²) in [6, 6.07) is 0. The monoisotopic (exact) mass is 1450 g/mol. The third kappa shape index (κ3) is 74.1. The van der Waals surface area contributed by atoms with E-state index in [2.05, 4.69) is 41.5 Å². The summed E-state index contributed by atoms with van der Waals surface area (Å²) in [5, 5.41) is 10.6. The molecule has 2 unspecified atom stereocenters. The lowest BCUT2D eigenvalue weighted by Gasteiger charge is -2.21. The first-order valence-electron chi connectivity index (χ1n) is 41.5. The van der Waals surface area contributed by atoms with Gasteiger partial charge >= 0.3 is 39.5 Å². The Kier molecular flexibility index (Phi) is 70.3. The number of phosphoric ester groups is 2. The Bertz CT molecular complexity index is 1910. The molecule has 0 aliphatic carbocycles. The van der Waals surface area contributed by atoms with E-state index < -0.39 is 97.5 Å². The largest absolute Gasteiger partial charge is 0.472 e. The maximum absolute atomic E-state index is 13.1. The van der Waals surface area contributed by atoms with Crippen molar-refractivity contribution >= 4 is 39.5 Å². The number of unbranched alkanes of at least 4 members (excludes halogenated alkanes) is 49. The molecule has 17 nitrogen and oxygen atoms in total. The van der Waals surface area contributed by atoms with Crippen molar-refractivity contribution < 1.29 is 80.2 Å². The molecule has 0 amide bonds. The molecule has 5 atom stereocenters. The van der Waals surface area contributed by atoms with Gasteiger partial charge in [-0.1, -0.05) is 369 Å². The van der Waals surface area contributed by atoms with E-state index in [4.69, 9.17) is 37.0 Å². The van der Waals surface area contributed by atoms with E-state index in [1.54, 1.807) is 0 Å². The number of ether oxygens (including phenoxy) is 4. The number of aliphatic hydroxyl groups is 1. The fourth-order valence-electron chi connectivity index (χ4n) is 12.4. The molecule has 0 aromatic heterocycles. The molecule has 3 N–H and O–H groups in total. The maximum atomic E-state index is 13.1. The molecule has 0 aromatic rings. The number of rotatable bonds is 79. The van der Waals surface area contributed by atoms with Crippen molar-refractivity contribution in [3.05, 3.63) is 0 Å². The number of hydrogen-bond acceptors (Lipinski definition) is 15. The van der Waals surface area contributed by atoms with Crippen LogP contribution in [0.1, 0.15) is 420 Å². The Morgan fingerprint density at radius 3 is 0.687 bits per heavy atom. The molecule has 0 saturated carbocycles. The summed E-state index contributed by atoms with van der Waals surface area (Å²) in [5.74, 6) is -0.595. The summed E-state index contributed by atoms with van der Waals surface area (Å²) in [6.07, 6.45) is 61.2. The molecule has 0 heterocycles. The Morgan fingerprint density at radius 2 is 0.465 bits per heavy atom. The van der Waals surface area contributed by atoms with E-state index in [9.17, 15) is 43.2 Å². The Hall–Kier alpha value is -1.94. The average molecular weight is 1450 g/mol. The zero-order valence-electron chi connectivity index (χ0n) is 64.8. The molecule has 0 bridgehead atoms. The standard InChI is InChI=1S/C80H156O17P2/c1-7-9-11-13-15-17-19-20-21-22-23-24-25-26-27-32-35-39-46-52-58-64-79(84)96-75(68-91-78(83)63-57-51-45-38-34-31-29-28-30-33-36-42-48-54-60-72(3)4)70-94-98(86,87)92-66-74(81)67-93-99(88,89)95-71-76(69-90-77(82)62-56-50-44-37-18-16-14-12-10-8-2)97-80(85)65-59-53-47-41-40-43-49-55-61-73(5)6/h72-76,81H,7-71H2,1-6H3,(H,86,87)(H,88,89)/t74-,75-,76-/m1/s1. The van der Waals surface area contributed by atoms with Gasteiger partial charge in [0.15, 0.2) is 12.2 Å². The van der Waals surface area contributed by atoms with Crippen molar-refractivity contribution in [2.24, 2.45) is 11.8 Å². The quantitative estimate of drug-likeness (QED) is 0.0222. The molecule has 99 heavy (non-hydrogen) atoms. The molecule has 0 aromatic carbocycles. The van der Waals surface area contributed by atoms with Crippen LogP contribution in [0, 0.1) is 11.8 Å². The topological polar surface area (TPSA) is 237 Å². The summed E-state index contributed by atoms with van der Waals surface area (Å²) in [6.45, 7) is 9.59. The summed E-state index contributed by atoms with van der Waals surface area (Å²) in [4.78, 5) is 72.9. The minimum Gasteiger partial charge on any atom is -0.462 e. The molecule has 0 rings (SSSR count). The Balaban J connectivity index is 5.20. The predicted molar refractivity (Wildman–Crippen MR) is 405 cm³/mol. The Morgan fingerprint density at radius 1 is 0.273 bits per heavy atom. The van der Waals surface area contributed by atoms with E-state index in [-0.39, 0.29) is 25.7 Å². The van der Waals surface area contributed by atoms with Gasteiger partial charge in [-0.25, -0.2) is 9.13 Å². The van der Waals surface area contributed by atoms with Gasteiger partial charge in [-0.3, -0.25) is 37.3 Å². The number of carbonyl (C=O) groups excluding carboxylic acids is 4. The highest BCUT2D eigenvalue weighted by atomic mass is 31.2. The zero-order valence-corrected chi connectivity index (χ0v) is 66.6. The molecular formula is C80H156O17P2. The van der Waals surface area contributed by atoms with Crippen LogP contribution in [0.25, 0.3) is 0 Å². The molecule has 19 heteroatoms. The average Bonchev–Trinajstić information content (AvgIpc) is 1.01. The first kappa shape index (κ1) is 97.1. The lowest BCUT2D eigenvalue weighted by atomic mass is 10.0. The highest BCUT2D eigenvalue weighted by Crippen LogP contribution is 2.45. The summed E-state index contributed by atoms with van der Waals surface area (Å²) >= 11 is 0. The first-order valence-corrected chi connectivity index (χ1v) is 44.5. The molecule has 0 spiro atoms. The second kappa shape index (κ2) is 71.7. The predicted octanol–water partition coefficient (Wildman–Crippen LogP) is 23.9. The number of aliphatic hydroxyl groups excluding tert-OH is 1. The smallest absolute Gasteiger partial charge is 0.462 e. The van der Waals surface area contributed by atoms with Gasteiger partial charge in [0, 0.05) is 25.7 Å². The normalized spacial score (nSPS) is 13.9. The Labute approximate surface area is 607 Å². The zero-order chi connectivity index (χ0) is 72.8. The molecule has 588 valence electrons. The van der Waals surface area contributed by atoms with Gasteiger partial charge < -0.3 is 33.8 Å². The second-order valence-corrected chi connectivity index (χ2v) is 32.7. The molecule has 0 aliphatic heterocycles. The number of phosphoric acid groups is 2. The minimum absolute atomic E-state index is 0.105. The van der Waals surface area contributed by atoms with E-state index >= 15 is 0 Å². The van der Waals surface area contributed by atoms with Crippen LogP contribution in [-0.4, -0.2) is 96.7 Å². The van der Waals surface area contributed by atoms with Gasteiger partial charge in [-0.05, 0) is 37.5 Å². The van der Waals surface area contributed by atoms with E-state index in [1.807, 2.05) is 0 Å². The van der Waals surface area contributed by atoms with Crippen LogP contribution in [0.15, 0.2) is 0 Å². The van der Waals surface area contributed by atoms with Crippen LogP contribution in [0.4, 0.5) is 0 Å². The molecule has 0 fully saturated rings. The van der Waals surface area contributed by atoms with Crippen molar-refractivity contribution in [2.75, 3.05) is 39.6 Å². The number of esters is 4. The van der Waals surface area contributed by atoms with Crippen molar-refractivity contribution in [1.29, 1.82) is 0 Å². The van der Waals surface area contributed by atoms with Crippen LogP contribution in [0.5, 0.6) is 0 Å². The highest BCUT2D eigenvalue weighted by molar-refractivity contribution is 7.47. The van der Waals surface area contributed by atoms with Crippen molar-refractivity contribution in [3.63, 3.8) is 0 Å². The molecule has 0 saturated heterocycles. The summed E-state index contributed by atoms with van der Waals surface area (Å²) < 4.78 is 68.6. The fraction of sp³-hybridized carbons (Fsp3) is 0.950. The van der Waals surface area contributed by atoms with Gasteiger partial charge in [0.2, 0.25) is 0 Å². The van der Waals surface area contributed by atoms with E-state index in [0.29, 0.717) is 25.7 Å². The fourth-order valence-corrected chi connectivity index (χ4v) is 13.9. The van der Waals surface area contributed by atoms with Gasteiger partial charge in [-0.15, -0.1) is 0 Å². The van der Waals surface area contributed by atoms with Crippen LogP contribution in [0.2, 0.25) is 0 Å². The van der Waals surface area contributed by atoms with Crippen LogP contribution in [-0.2, 0) is 65.4 Å². The summed E-state index contributed by atoms with van der Waals surface area (Å²) in [7, 11) is -9.91. The lowest BCUT2D eigenvalue weighted by Crippen LogP contribution is -2.30. The third-order valence-corrected chi connectivity index (χ3v) is 20.6. The molecule has 0 aliphatic rings. The van der Waals surface area contributed by atoms with Crippen LogP contribution < -0.4 is 0 Å². The van der Waals surface area contributed by atoms with Gasteiger partial charge in [0.05, 0.1) is 26.4 Å². The molecule has 0 radical (unpaired) electrons. The lowest BCUT2D eigenvalue weighted by molar-refractivity contribution is -0.161. The first-order chi connectivity index (χ1) is 47.9. The van der Waals surface area contributed by atoms with Crippen molar-refractivity contribution in [1.82, 2.24) is 0 Å². The van der Waals surface area contributed by atoms with Crippen molar-refractivity contribution in [2.45, 2.75) is 439 Å². The number of hydrogen-bond donors (Lipinski definition) is 3. The third-order valence-electron chi connectivity index (χ3n) is 18.7. The number of carbonyl (C=O) groups is 4. The highest BCUT2D eigenvalue weighted by Gasteiger charge is 2.30. The van der Waals surface area contributed by atoms with E-state index in [1.165, 1.54) is 238 Å². The van der Waals surface area contributed by atoms with Gasteiger partial charge in [0.1, 0.15) is 19.3 Å². The van der Waals surface area contributed by atoms with Crippen molar-refractivity contribution in [3.8, 4) is 0 Å². The SMILES string of the molecule is CCCCCCCCCCCCCCCCCCCCCCCC(=O)O[C@H](COC(=O)CCCCCCCCCCCCCCCCC(C)C)COP(=O)(O)OC[C@@H](O)COP(=O)(O)OC[C@@H](COC(=O)CCCCCCCCCCCC)OC(=O)CCCCCCCCCCC(C)C. The van der Waals surface area contributed by atoms with Crippen LogP contribution in [0.3, 0.4) is 0 Å². The minimum atomic E-state index is -4.96. The van der Waals surface area contributed by atoms with Gasteiger partial charge in [0.25, 0.3) is 0 Å².